The Balaban J connectivity index is 0.977. The molecule has 10 aromatic carbocycles. The molecule has 0 N–H and O–H groups in total. The van der Waals surface area contributed by atoms with Crippen molar-refractivity contribution in [1.29, 1.82) is 0 Å². The molecule has 11 aromatic rings. The second-order valence-electron chi connectivity index (χ2n) is 14.4. The van der Waals surface area contributed by atoms with Gasteiger partial charge in [0.25, 0.3) is 0 Å². The van der Waals surface area contributed by atoms with Crippen LogP contribution in [-0.2, 0) is 0 Å². The van der Waals surface area contributed by atoms with Gasteiger partial charge in [0.05, 0.1) is 0 Å². The van der Waals surface area contributed by atoms with Crippen LogP contribution in [0.1, 0.15) is 0 Å². The van der Waals surface area contributed by atoms with Crippen LogP contribution in [0.15, 0.2) is 211 Å². The summed E-state index contributed by atoms with van der Waals surface area (Å²) in [5, 5.41) is 9.85. The number of benzene rings is 10. The van der Waals surface area contributed by atoms with Crippen molar-refractivity contribution in [2.75, 3.05) is 0 Å². The predicted molar refractivity (Wildman–Crippen MR) is 233 cm³/mol. The summed E-state index contributed by atoms with van der Waals surface area (Å²) < 4.78 is 6.07. The van der Waals surface area contributed by atoms with E-state index < -0.39 is 0 Å². The summed E-state index contributed by atoms with van der Waals surface area (Å²) in [6.07, 6.45) is 0. The van der Waals surface area contributed by atoms with Crippen LogP contribution in [0.4, 0.5) is 0 Å². The molecule has 1 aromatic heterocycles. The molecule has 0 atom stereocenters. The van der Waals surface area contributed by atoms with Crippen LogP contribution in [-0.4, -0.2) is 0 Å². The van der Waals surface area contributed by atoms with E-state index in [4.69, 9.17) is 4.42 Å². The van der Waals surface area contributed by atoms with Crippen molar-refractivity contribution in [3.05, 3.63) is 206 Å². The molecule has 1 nitrogen and oxygen atoms in total. The van der Waals surface area contributed by atoms with E-state index in [-0.39, 0.29) is 0 Å². The summed E-state index contributed by atoms with van der Waals surface area (Å²) in [6, 6.07) is 74.9. The zero-order chi connectivity index (χ0) is 36.3. The average molecular weight is 699 g/mol. The van der Waals surface area contributed by atoms with Gasteiger partial charge < -0.3 is 4.42 Å². The molecule has 11 rings (SSSR count). The van der Waals surface area contributed by atoms with Gasteiger partial charge in [-0.1, -0.05) is 182 Å². The third kappa shape index (κ3) is 5.24. The van der Waals surface area contributed by atoms with Crippen LogP contribution in [0.25, 0.3) is 110 Å². The van der Waals surface area contributed by atoms with E-state index in [9.17, 15) is 0 Å². The lowest BCUT2D eigenvalue weighted by Crippen LogP contribution is -1.91. The van der Waals surface area contributed by atoms with Crippen LogP contribution in [0.3, 0.4) is 0 Å². The van der Waals surface area contributed by atoms with Crippen LogP contribution in [0, 0.1) is 0 Å². The van der Waals surface area contributed by atoms with Gasteiger partial charge in [-0.15, -0.1) is 0 Å². The summed E-state index contributed by atoms with van der Waals surface area (Å²) in [6.45, 7) is 0. The van der Waals surface area contributed by atoms with E-state index in [2.05, 4.69) is 194 Å². The van der Waals surface area contributed by atoms with Crippen LogP contribution in [0.2, 0.25) is 0 Å². The Morgan fingerprint density at radius 1 is 0.236 bits per heavy atom. The molecule has 0 saturated heterocycles. The Hall–Kier alpha value is -7.22. The topological polar surface area (TPSA) is 13.1 Å². The van der Waals surface area contributed by atoms with Crippen molar-refractivity contribution in [3.63, 3.8) is 0 Å². The lowest BCUT2D eigenvalue weighted by atomic mass is 9.85. The van der Waals surface area contributed by atoms with E-state index in [1.807, 2.05) is 12.1 Å². The standard InChI is InChI=1S/C54H34O/c1-2-15-43-38(11-1)12-10-21-44(43)41-13-9-14-42(33-41)54-48-19-5-3-17-46(48)53(47-18-4-6-20-49(47)54)39-29-27-36(28-30-39)35-23-25-37(26-24-35)40-31-32-52-50(34-40)45-16-7-8-22-51(45)55-52/h1-34H. The molecule has 0 aliphatic carbocycles. The first-order valence-electron chi connectivity index (χ1n) is 18.9. The van der Waals surface area contributed by atoms with Gasteiger partial charge in [0.15, 0.2) is 0 Å². The van der Waals surface area contributed by atoms with E-state index in [1.54, 1.807) is 0 Å². The molecule has 1 heterocycles. The second-order valence-corrected chi connectivity index (χ2v) is 14.4. The normalized spacial score (nSPS) is 11.6. The van der Waals surface area contributed by atoms with Gasteiger partial charge in [0.1, 0.15) is 11.2 Å². The number of furan rings is 1. The quantitative estimate of drug-likeness (QED) is 0.163. The zero-order valence-electron chi connectivity index (χ0n) is 30.0. The lowest BCUT2D eigenvalue weighted by Gasteiger charge is -2.18. The molecule has 0 saturated carbocycles. The monoisotopic (exact) mass is 698 g/mol. The van der Waals surface area contributed by atoms with Gasteiger partial charge in [0, 0.05) is 10.8 Å². The van der Waals surface area contributed by atoms with E-state index >= 15 is 0 Å². The molecule has 0 aliphatic heterocycles. The summed E-state index contributed by atoms with van der Waals surface area (Å²) in [5.74, 6) is 0. The molecule has 1 heteroatoms. The fourth-order valence-electron chi connectivity index (χ4n) is 8.66. The Labute approximate surface area is 319 Å². The van der Waals surface area contributed by atoms with Crippen LogP contribution in [0.5, 0.6) is 0 Å². The Morgan fingerprint density at radius 3 is 1.36 bits per heavy atom. The highest BCUT2D eigenvalue weighted by atomic mass is 16.3. The fraction of sp³-hybridized carbons (Fsp3) is 0. The van der Waals surface area contributed by atoms with Crippen LogP contribution < -0.4 is 0 Å². The van der Waals surface area contributed by atoms with Crippen molar-refractivity contribution >= 4 is 54.3 Å². The van der Waals surface area contributed by atoms with Gasteiger partial charge in [-0.2, -0.15) is 0 Å². The Bertz CT molecular complexity index is 3170. The minimum atomic E-state index is 0.919. The van der Waals surface area contributed by atoms with E-state index in [0.29, 0.717) is 0 Å². The minimum Gasteiger partial charge on any atom is -0.456 e. The van der Waals surface area contributed by atoms with Crippen molar-refractivity contribution in [1.82, 2.24) is 0 Å². The highest BCUT2D eigenvalue weighted by Gasteiger charge is 2.17. The zero-order valence-corrected chi connectivity index (χ0v) is 30.0. The third-order valence-corrected chi connectivity index (χ3v) is 11.3. The third-order valence-electron chi connectivity index (χ3n) is 11.3. The molecule has 0 spiro atoms. The van der Waals surface area contributed by atoms with Crippen molar-refractivity contribution in [3.8, 4) is 55.6 Å². The molecule has 256 valence electrons. The van der Waals surface area contributed by atoms with Gasteiger partial charge >= 0.3 is 0 Å². The van der Waals surface area contributed by atoms with Gasteiger partial charge in [-0.3, -0.25) is 0 Å². The number of rotatable bonds is 5. The largest absolute Gasteiger partial charge is 0.456 e. The minimum absolute atomic E-state index is 0.919. The first kappa shape index (κ1) is 31.3. The number of hydrogen-bond acceptors (Lipinski definition) is 1. The number of para-hydroxylation sites is 1. The Kier molecular flexibility index (Phi) is 7.25. The molecule has 55 heavy (non-hydrogen) atoms. The van der Waals surface area contributed by atoms with Crippen molar-refractivity contribution < 1.29 is 4.42 Å². The van der Waals surface area contributed by atoms with Crippen molar-refractivity contribution in [2.24, 2.45) is 0 Å². The molecule has 0 bridgehead atoms. The molecule has 0 unspecified atom stereocenters. The SMILES string of the molecule is c1cc(-c2cccc3ccccc23)cc(-c2c3ccccc3c(-c3ccc(-c4ccc(-c5ccc6oc7ccccc7c6c5)cc4)cc3)c3ccccc23)c1. The molecule has 0 radical (unpaired) electrons. The maximum atomic E-state index is 6.07. The van der Waals surface area contributed by atoms with Crippen LogP contribution >= 0.6 is 0 Å². The smallest absolute Gasteiger partial charge is 0.135 e. The molecular formula is C54H34O. The number of hydrogen-bond donors (Lipinski definition) is 0. The summed E-state index contributed by atoms with van der Waals surface area (Å²) in [5.41, 5.74) is 14.1. The van der Waals surface area contributed by atoms with Crippen molar-refractivity contribution in [2.45, 2.75) is 0 Å². The summed E-state index contributed by atoms with van der Waals surface area (Å²) in [7, 11) is 0. The lowest BCUT2D eigenvalue weighted by molar-refractivity contribution is 0.669. The maximum Gasteiger partial charge on any atom is 0.135 e. The van der Waals surface area contributed by atoms with Gasteiger partial charge in [-0.05, 0) is 112 Å². The maximum absolute atomic E-state index is 6.07. The summed E-state index contributed by atoms with van der Waals surface area (Å²) in [4.78, 5) is 0. The van der Waals surface area contributed by atoms with E-state index in [1.165, 1.54) is 88.0 Å². The molecule has 0 aliphatic rings. The number of fused-ring (bicyclic) bond motifs is 6. The molecular weight excluding hydrogens is 665 g/mol. The van der Waals surface area contributed by atoms with Gasteiger partial charge in [0.2, 0.25) is 0 Å². The Morgan fingerprint density at radius 2 is 0.691 bits per heavy atom. The summed E-state index contributed by atoms with van der Waals surface area (Å²) >= 11 is 0. The highest BCUT2D eigenvalue weighted by molar-refractivity contribution is 6.21. The van der Waals surface area contributed by atoms with E-state index in [0.717, 1.165) is 21.9 Å². The van der Waals surface area contributed by atoms with Gasteiger partial charge in [-0.25, -0.2) is 0 Å². The average Bonchev–Trinajstić information content (AvgIpc) is 3.63. The highest BCUT2D eigenvalue weighted by Crippen LogP contribution is 2.45. The predicted octanol–water partition coefficient (Wildman–Crippen LogP) is 15.4. The second kappa shape index (κ2) is 12.7. The fourth-order valence-corrected chi connectivity index (χ4v) is 8.66. The molecule has 0 fully saturated rings. The first-order chi connectivity index (χ1) is 27.3. The molecule has 0 amide bonds. The first-order valence-corrected chi connectivity index (χ1v) is 18.9.